The fraction of sp³-hybridized carbons (Fsp3) is 0.708. The van der Waals surface area contributed by atoms with Gasteiger partial charge in [-0.3, -0.25) is 4.79 Å². The Hall–Kier alpha value is -1.47. The van der Waals surface area contributed by atoms with Crippen molar-refractivity contribution < 1.29 is 28.5 Å². The average molecular weight is 425 g/mol. The van der Waals surface area contributed by atoms with Crippen molar-refractivity contribution in [2.24, 2.45) is 0 Å². The summed E-state index contributed by atoms with van der Waals surface area (Å²) in [7, 11) is 0. The summed E-state index contributed by atoms with van der Waals surface area (Å²) in [4.78, 5) is 11.5. The topological polar surface area (TPSA) is 63.2 Å². The van der Waals surface area contributed by atoms with Gasteiger partial charge in [0.05, 0.1) is 46.1 Å². The lowest BCUT2D eigenvalue weighted by molar-refractivity contribution is -0.156. The Bertz CT molecular complexity index is 526. The summed E-state index contributed by atoms with van der Waals surface area (Å²) in [5, 5.41) is 0. The number of unbranched alkanes of at least 4 members (excludes halogenated alkanes) is 3. The minimum Gasteiger partial charge on any atom is -0.460 e. The lowest BCUT2D eigenvalue weighted by atomic mass is 10.2. The lowest BCUT2D eigenvalue weighted by Crippen LogP contribution is -2.24. The molecule has 1 aromatic carbocycles. The normalized spacial score (nSPS) is 11.6. The number of benzene rings is 1. The number of ether oxygens (including phenoxy) is 5. The van der Waals surface area contributed by atoms with Gasteiger partial charge in [0.2, 0.25) is 0 Å². The second-order valence-electron chi connectivity index (χ2n) is 8.13. The van der Waals surface area contributed by atoms with Gasteiger partial charge in [0.15, 0.2) is 0 Å². The van der Waals surface area contributed by atoms with Crippen LogP contribution in [0.3, 0.4) is 0 Å². The van der Waals surface area contributed by atoms with Crippen molar-refractivity contribution in [2.45, 2.75) is 65.1 Å². The van der Waals surface area contributed by atoms with Crippen LogP contribution >= 0.6 is 0 Å². The molecular weight excluding hydrogens is 384 g/mol. The molecule has 0 aliphatic rings. The fourth-order valence-corrected chi connectivity index (χ4v) is 2.62. The molecule has 30 heavy (non-hydrogen) atoms. The standard InChI is InChI=1S/C24H40O6/c1-24(2,3)30-23(25)13-16-27-18-20-28-19-17-26-14-9-4-5-10-15-29-21-22-11-7-6-8-12-22/h6-8,11-12H,4-5,9-10,13-21H2,1-3H3. The third-order valence-electron chi connectivity index (χ3n) is 4.05. The summed E-state index contributed by atoms with van der Waals surface area (Å²) in [6, 6.07) is 10.3. The minimum absolute atomic E-state index is 0.239. The number of hydrogen-bond acceptors (Lipinski definition) is 6. The van der Waals surface area contributed by atoms with Crippen LogP contribution in [0.15, 0.2) is 30.3 Å². The lowest BCUT2D eigenvalue weighted by Gasteiger charge is -2.19. The van der Waals surface area contributed by atoms with E-state index < -0.39 is 5.60 Å². The van der Waals surface area contributed by atoms with Gasteiger partial charge in [-0.25, -0.2) is 0 Å². The van der Waals surface area contributed by atoms with Gasteiger partial charge in [-0.1, -0.05) is 43.2 Å². The highest BCUT2D eigenvalue weighted by Gasteiger charge is 2.15. The molecule has 1 rings (SSSR count). The zero-order valence-electron chi connectivity index (χ0n) is 19.0. The molecule has 0 fully saturated rings. The van der Waals surface area contributed by atoms with Gasteiger partial charge in [0.1, 0.15) is 5.60 Å². The Morgan fingerprint density at radius 2 is 1.23 bits per heavy atom. The van der Waals surface area contributed by atoms with Crippen molar-refractivity contribution in [2.75, 3.05) is 46.2 Å². The Kier molecular flexibility index (Phi) is 15.3. The summed E-state index contributed by atoms with van der Waals surface area (Å²) in [5.41, 5.74) is 0.775. The molecule has 0 radical (unpaired) electrons. The Morgan fingerprint density at radius 1 is 0.700 bits per heavy atom. The molecule has 0 bridgehead atoms. The summed E-state index contributed by atoms with van der Waals surface area (Å²) >= 11 is 0. The molecule has 0 spiro atoms. The second kappa shape index (κ2) is 17.2. The van der Waals surface area contributed by atoms with Crippen LogP contribution in [0.2, 0.25) is 0 Å². The molecule has 1 aromatic rings. The average Bonchev–Trinajstić information content (AvgIpc) is 2.69. The molecule has 0 unspecified atom stereocenters. The van der Waals surface area contributed by atoms with Crippen molar-refractivity contribution in [3.05, 3.63) is 35.9 Å². The first-order valence-electron chi connectivity index (χ1n) is 11.0. The predicted octanol–water partition coefficient (Wildman–Crippen LogP) is 4.55. The van der Waals surface area contributed by atoms with Crippen LogP contribution < -0.4 is 0 Å². The molecule has 0 aliphatic carbocycles. The van der Waals surface area contributed by atoms with E-state index in [4.69, 9.17) is 23.7 Å². The maximum Gasteiger partial charge on any atom is 0.308 e. The molecule has 0 N–H and O–H groups in total. The maximum atomic E-state index is 11.5. The molecule has 0 heterocycles. The number of hydrogen-bond donors (Lipinski definition) is 0. The van der Waals surface area contributed by atoms with Gasteiger partial charge < -0.3 is 23.7 Å². The molecular formula is C24H40O6. The minimum atomic E-state index is -0.447. The van der Waals surface area contributed by atoms with Gasteiger partial charge >= 0.3 is 5.97 Å². The van der Waals surface area contributed by atoms with Crippen LogP contribution in [0.25, 0.3) is 0 Å². The highest BCUT2D eigenvalue weighted by molar-refractivity contribution is 5.69. The summed E-state index contributed by atoms with van der Waals surface area (Å²) in [6.07, 6.45) is 4.73. The number of carbonyl (C=O) groups is 1. The molecule has 6 nitrogen and oxygen atoms in total. The largest absolute Gasteiger partial charge is 0.460 e. The van der Waals surface area contributed by atoms with Gasteiger partial charge in [-0.15, -0.1) is 0 Å². The van der Waals surface area contributed by atoms with Gasteiger partial charge in [-0.05, 0) is 39.2 Å². The van der Waals surface area contributed by atoms with E-state index in [0.717, 1.165) is 38.9 Å². The zero-order valence-corrected chi connectivity index (χ0v) is 19.0. The van der Waals surface area contributed by atoms with E-state index in [1.807, 2.05) is 39.0 Å². The first-order chi connectivity index (χ1) is 14.5. The van der Waals surface area contributed by atoms with Crippen LogP contribution in [0.4, 0.5) is 0 Å². The molecule has 0 atom stereocenters. The summed E-state index contributed by atoms with van der Waals surface area (Å²) < 4.78 is 27.3. The monoisotopic (exact) mass is 424 g/mol. The van der Waals surface area contributed by atoms with Crippen LogP contribution in [0.5, 0.6) is 0 Å². The Balaban J connectivity index is 1.73. The predicted molar refractivity (Wildman–Crippen MR) is 117 cm³/mol. The van der Waals surface area contributed by atoms with Crippen LogP contribution in [-0.4, -0.2) is 57.8 Å². The molecule has 0 aromatic heterocycles. The van der Waals surface area contributed by atoms with Crippen molar-refractivity contribution in [1.29, 1.82) is 0 Å². The van der Waals surface area contributed by atoms with Crippen LogP contribution in [0.1, 0.15) is 58.4 Å². The number of rotatable bonds is 18. The highest BCUT2D eigenvalue weighted by Crippen LogP contribution is 2.08. The Morgan fingerprint density at radius 3 is 1.83 bits per heavy atom. The van der Waals surface area contributed by atoms with E-state index in [1.54, 1.807) is 0 Å². The van der Waals surface area contributed by atoms with E-state index >= 15 is 0 Å². The highest BCUT2D eigenvalue weighted by atomic mass is 16.6. The third-order valence-corrected chi connectivity index (χ3v) is 4.05. The Labute approximate surface area is 182 Å². The molecule has 0 aliphatic heterocycles. The van der Waals surface area contributed by atoms with Crippen molar-refractivity contribution in [1.82, 2.24) is 0 Å². The van der Waals surface area contributed by atoms with Gasteiger partial charge in [0, 0.05) is 13.2 Å². The van der Waals surface area contributed by atoms with Gasteiger partial charge in [-0.2, -0.15) is 0 Å². The van der Waals surface area contributed by atoms with E-state index in [9.17, 15) is 4.79 Å². The van der Waals surface area contributed by atoms with Gasteiger partial charge in [0.25, 0.3) is 0 Å². The molecule has 0 saturated carbocycles. The first kappa shape index (κ1) is 26.6. The fourth-order valence-electron chi connectivity index (χ4n) is 2.62. The molecule has 6 heteroatoms. The molecule has 172 valence electrons. The maximum absolute atomic E-state index is 11.5. The smallest absolute Gasteiger partial charge is 0.308 e. The van der Waals surface area contributed by atoms with E-state index in [1.165, 1.54) is 5.56 Å². The van der Waals surface area contributed by atoms with Crippen molar-refractivity contribution >= 4 is 5.97 Å². The molecule has 0 amide bonds. The zero-order chi connectivity index (χ0) is 21.9. The summed E-state index contributed by atoms with van der Waals surface area (Å²) in [6.45, 7) is 10.3. The van der Waals surface area contributed by atoms with Crippen LogP contribution in [-0.2, 0) is 35.1 Å². The van der Waals surface area contributed by atoms with E-state index in [0.29, 0.717) is 39.6 Å². The third kappa shape index (κ3) is 17.4. The number of carbonyl (C=O) groups excluding carboxylic acids is 1. The number of esters is 1. The summed E-state index contributed by atoms with van der Waals surface area (Å²) in [5.74, 6) is -0.239. The van der Waals surface area contributed by atoms with E-state index in [2.05, 4.69) is 12.1 Å². The van der Waals surface area contributed by atoms with E-state index in [-0.39, 0.29) is 12.4 Å². The SMILES string of the molecule is CC(C)(C)OC(=O)CCOCCOCCOCCCCCCOCc1ccccc1. The van der Waals surface area contributed by atoms with Crippen molar-refractivity contribution in [3.8, 4) is 0 Å². The second-order valence-corrected chi connectivity index (χ2v) is 8.13. The molecule has 0 saturated heterocycles. The van der Waals surface area contributed by atoms with Crippen LogP contribution in [0, 0.1) is 0 Å². The first-order valence-corrected chi connectivity index (χ1v) is 11.0. The quantitative estimate of drug-likeness (QED) is 0.255. The van der Waals surface area contributed by atoms with Crippen molar-refractivity contribution in [3.63, 3.8) is 0 Å².